The quantitative estimate of drug-likeness (QED) is 0.520. The molecule has 1 N–H and O–H groups in total. The van der Waals surface area contributed by atoms with Gasteiger partial charge in [-0.2, -0.15) is 13.2 Å². The fourth-order valence-corrected chi connectivity index (χ4v) is 4.18. The average molecular weight is 441 g/mol. The Bertz CT molecular complexity index is 1010. The van der Waals surface area contributed by atoms with Gasteiger partial charge >= 0.3 is 6.18 Å². The van der Waals surface area contributed by atoms with Crippen molar-refractivity contribution >= 4 is 34.7 Å². The lowest BCUT2D eigenvalue weighted by molar-refractivity contribution is -0.137. The van der Waals surface area contributed by atoms with E-state index in [1.807, 2.05) is 12.4 Å². The molecule has 5 nitrogen and oxygen atoms in total. The number of carbonyl (C=O) groups excluding carboxylic acids is 1. The lowest BCUT2D eigenvalue weighted by Gasteiger charge is -2.09. The van der Waals surface area contributed by atoms with Gasteiger partial charge in [0.2, 0.25) is 5.91 Å². The van der Waals surface area contributed by atoms with E-state index in [-0.39, 0.29) is 11.4 Å². The molecule has 0 saturated heterocycles. The molecular weight excluding hydrogens is 421 g/mol. The molecule has 0 fully saturated rings. The Balaban J connectivity index is 1.63. The van der Waals surface area contributed by atoms with Crippen molar-refractivity contribution < 1.29 is 18.0 Å². The number of amides is 1. The van der Waals surface area contributed by atoms with E-state index in [0.717, 1.165) is 17.7 Å². The molecule has 0 atom stereocenters. The second kappa shape index (κ2) is 8.58. The molecule has 10 heteroatoms. The Labute approximate surface area is 174 Å². The van der Waals surface area contributed by atoms with Crippen LogP contribution in [0.3, 0.4) is 0 Å². The normalized spacial score (nSPS) is 11.8. The zero-order chi connectivity index (χ0) is 21.2. The van der Waals surface area contributed by atoms with E-state index in [0.29, 0.717) is 16.9 Å². The SMILES string of the molecule is CC(C)c1cc(-c2nnc(SCC(=O)Nc3cccc(C(F)(F)F)c3)n2C)cs1. The van der Waals surface area contributed by atoms with E-state index in [1.54, 1.807) is 15.9 Å². The summed E-state index contributed by atoms with van der Waals surface area (Å²) in [4.78, 5) is 13.4. The summed E-state index contributed by atoms with van der Waals surface area (Å²) in [5.41, 5.74) is 0.259. The van der Waals surface area contributed by atoms with E-state index in [4.69, 9.17) is 0 Å². The molecule has 0 spiro atoms. The number of benzene rings is 1. The topological polar surface area (TPSA) is 59.8 Å². The highest BCUT2D eigenvalue weighted by molar-refractivity contribution is 7.99. The number of anilines is 1. The van der Waals surface area contributed by atoms with Gasteiger partial charge in [0.15, 0.2) is 11.0 Å². The molecule has 0 aliphatic carbocycles. The van der Waals surface area contributed by atoms with Crippen molar-refractivity contribution in [3.05, 3.63) is 46.2 Å². The van der Waals surface area contributed by atoms with Crippen LogP contribution in [0, 0.1) is 0 Å². The van der Waals surface area contributed by atoms with Crippen molar-refractivity contribution in [2.24, 2.45) is 7.05 Å². The minimum Gasteiger partial charge on any atom is -0.325 e. The molecule has 3 aromatic rings. The van der Waals surface area contributed by atoms with Crippen molar-refractivity contribution in [1.29, 1.82) is 0 Å². The maximum Gasteiger partial charge on any atom is 0.416 e. The molecule has 2 heterocycles. The van der Waals surface area contributed by atoms with Crippen LogP contribution in [-0.4, -0.2) is 26.4 Å². The molecule has 0 unspecified atom stereocenters. The van der Waals surface area contributed by atoms with Gasteiger partial charge in [-0.05, 0) is 30.2 Å². The fraction of sp³-hybridized carbons (Fsp3) is 0.316. The number of alkyl halides is 3. The van der Waals surface area contributed by atoms with E-state index >= 15 is 0 Å². The predicted molar refractivity (Wildman–Crippen MR) is 109 cm³/mol. The molecular formula is C19H19F3N4OS2. The van der Waals surface area contributed by atoms with Gasteiger partial charge in [0.05, 0.1) is 11.3 Å². The number of nitrogens with one attached hydrogen (secondary N) is 1. The van der Waals surface area contributed by atoms with Crippen LogP contribution in [0.25, 0.3) is 11.4 Å². The van der Waals surface area contributed by atoms with Crippen LogP contribution in [0.4, 0.5) is 18.9 Å². The average Bonchev–Trinajstić information content (AvgIpc) is 3.26. The Morgan fingerprint density at radius 3 is 2.69 bits per heavy atom. The van der Waals surface area contributed by atoms with Crippen LogP contribution in [0.1, 0.15) is 30.2 Å². The predicted octanol–water partition coefficient (Wildman–Crippen LogP) is 5.42. The molecule has 1 aromatic carbocycles. The number of rotatable bonds is 6. The van der Waals surface area contributed by atoms with Gasteiger partial charge < -0.3 is 9.88 Å². The Hall–Kier alpha value is -2.33. The molecule has 0 aliphatic heterocycles. The Kier molecular flexibility index (Phi) is 6.33. The fourth-order valence-electron chi connectivity index (χ4n) is 2.57. The molecule has 154 valence electrons. The Morgan fingerprint density at radius 1 is 1.28 bits per heavy atom. The van der Waals surface area contributed by atoms with Crippen molar-refractivity contribution in [3.63, 3.8) is 0 Å². The highest BCUT2D eigenvalue weighted by atomic mass is 32.2. The molecule has 29 heavy (non-hydrogen) atoms. The number of aromatic nitrogens is 3. The van der Waals surface area contributed by atoms with E-state index in [2.05, 4.69) is 35.4 Å². The van der Waals surface area contributed by atoms with Gasteiger partial charge in [0.25, 0.3) is 0 Å². The minimum absolute atomic E-state index is 0.00308. The number of hydrogen-bond donors (Lipinski definition) is 1. The maximum atomic E-state index is 12.8. The van der Waals surface area contributed by atoms with Gasteiger partial charge in [0.1, 0.15) is 0 Å². The standard InChI is InChI=1S/C19H19F3N4OS2/c1-11(2)15-7-12(9-28-15)17-24-25-18(26(17)3)29-10-16(27)23-14-6-4-5-13(8-14)19(20,21)22/h4-9,11H,10H2,1-3H3,(H,23,27). The molecule has 0 radical (unpaired) electrons. The number of thioether (sulfide) groups is 1. The van der Waals surface area contributed by atoms with Gasteiger partial charge in [-0.15, -0.1) is 21.5 Å². The Morgan fingerprint density at radius 2 is 2.03 bits per heavy atom. The second-order valence-electron chi connectivity index (χ2n) is 6.67. The first-order valence-electron chi connectivity index (χ1n) is 8.73. The van der Waals surface area contributed by atoms with Crippen LogP contribution in [0.15, 0.2) is 40.9 Å². The van der Waals surface area contributed by atoms with Crippen molar-refractivity contribution in [2.45, 2.75) is 31.1 Å². The zero-order valence-corrected chi connectivity index (χ0v) is 17.6. The van der Waals surface area contributed by atoms with Gasteiger partial charge in [-0.25, -0.2) is 0 Å². The third-order valence-corrected chi connectivity index (χ3v) is 6.34. The highest BCUT2D eigenvalue weighted by Gasteiger charge is 2.30. The summed E-state index contributed by atoms with van der Waals surface area (Å²) >= 11 is 2.83. The first-order chi connectivity index (χ1) is 13.6. The monoisotopic (exact) mass is 440 g/mol. The molecule has 2 aromatic heterocycles. The number of hydrogen-bond acceptors (Lipinski definition) is 5. The molecule has 1 amide bonds. The zero-order valence-electron chi connectivity index (χ0n) is 15.9. The lowest BCUT2D eigenvalue weighted by atomic mass is 10.1. The van der Waals surface area contributed by atoms with Crippen molar-refractivity contribution in [3.8, 4) is 11.4 Å². The lowest BCUT2D eigenvalue weighted by Crippen LogP contribution is -2.15. The van der Waals surface area contributed by atoms with Gasteiger partial charge in [-0.1, -0.05) is 31.7 Å². The van der Waals surface area contributed by atoms with E-state index in [1.165, 1.54) is 28.8 Å². The third kappa shape index (κ3) is 5.18. The minimum atomic E-state index is -4.46. The maximum absolute atomic E-state index is 12.8. The summed E-state index contributed by atoms with van der Waals surface area (Å²) in [6, 6.07) is 6.62. The van der Waals surface area contributed by atoms with Crippen LogP contribution < -0.4 is 5.32 Å². The number of halogens is 3. The van der Waals surface area contributed by atoms with Crippen molar-refractivity contribution in [1.82, 2.24) is 14.8 Å². The van der Waals surface area contributed by atoms with Gasteiger partial charge in [-0.3, -0.25) is 4.79 Å². The first-order valence-corrected chi connectivity index (χ1v) is 10.6. The van der Waals surface area contributed by atoms with Gasteiger partial charge in [0, 0.05) is 28.6 Å². The number of carbonyl (C=O) groups is 1. The van der Waals surface area contributed by atoms with E-state index in [9.17, 15) is 18.0 Å². The second-order valence-corrected chi connectivity index (χ2v) is 8.56. The molecule has 0 bridgehead atoms. The highest BCUT2D eigenvalue weighted by Crippen LogP contribution is 2.32. The summed E-state index contributed by atoms with van der Waals surface area (Å²) in [5, 5.41) is 13.4. The summed E-state index contributed by atoms with van der Waals surface area (Å²) in [6.45, 7) is 4.24. The summed E-state index contributed by atoms with van der Waals surface area (Å²) in [5.74, 6) is 0.712. The van der Waals surface area contributed by atoms with Crippen LogP contribution >= 0.6 is 23.1 Å². The van der Waals surface area contributed by atoms with Crippen LogP contribution in [-0.2, 0) is 18.0 Å². The van der Waals surface area contributed by atoms with Crippen LogP contribution in [0.2, 0.25) is 0 Å². The summed E-state index contributed by atoms with van der Waals surface area (Å²) in [6.07, 6.45) is -4.46. The summed E-state index contributed by atoms with van der Waals surface area (Å²) in [7, 11) is 1.81. The summed E-state index contributed by atoms with van der Waals surface area (Å²) < 4.78 is 40.1. The molecule has 3 rings (SSSR count). The van der Waals surface area contributed by atoms with Crippen molar-refractivity contribution in [2.75, 3.05) is 11.1 Å². The third-order valence-electron chi connectivity index (χ3n) is 4.09. The first kappa shape index (κ1) is 21.4. The number of nitrogens with zero attached hydrogens (tertiary/aromatic N) is 3. The van der Waals surface area contributed by atoms with Crippen LogP contribution in [0.5, 0.6) is 0 Å². The smallest absolute Gasteiger partial charge is 0.325 e. The molecule has 0 aliphatic rings. The van der Waals surface area contributed by atoms with E-state index < -0.39 is 17.6 Å². The largest absolute Gasteiger partial charge is 0.416 e. The molecule has 0 saturated carbocycles. The number of thiophene rings is 1.